The van der Waals surface area contributed by atoms with Gasteiger partial charge >= 0.3 is 0 Å². The first-order chi connectivity index (χ1) is 6.31. The van der Waals surface area contributed by atoms with E-state index in [4.69, 9.17) is 0 Å². The minimum Gasteiger partial charge on any atom is -0.354 e. The van der Waals surface area contributed by atoms with Crippen LogP contribution in [0.3, 0.4) is 0 Å². The van der Waals surface area contributed by atoms with Gasteiger partial charge in [-0.15, -0.1) is 0 Å². The number of nitrogens with one attached hydrogen (secondary N) is 1. The molecule has 0 rings (SSSR count). The van der Waals surface area contributed by atoms with Gasteiger partial charge in [-0.1, -0.05) is 13.8 Å². The van der Waals surface area contributed by atoms with Crippen molar-refractivity contribution in [2.45, 2.75) is 26.8 Å². The van der Waals surface area contributed by atoms with E-state index >= 15 is 0 Å². The minimum atomic E-state index is -0.380. The Morgan fingerprint density at radius 3 is 2.36 bits per heavy atom. The number of hydrogen-bond donors (Lipinski definition) is 2. The van der Waals surface area contributed by atoms with Crippen molar-refractivity contribution in [1.29, 1.82) is 0 Å². The summed E-state index contributed by atoms with van der Waals surface area (Å²) in [6.07, 6.45) is 0. The third-order valence-corrected chi connectivity index (χ3v) is 3.24. The van der Waals surface area contributed by atoms with Gasteiger partial charge in [0.1, 0.15) is 0 Å². The first-order valence-corrected chi connectivity index (χ1v) is 5.50. The first kappa shape index (κ1) is 13.8. The van der Waals surface area contributed by atoms with Crippen molar-refractivity contribution in [2.75, 3.05) is 26.4 Å². The van der Waals surface area contributed by atoms with Gasteiger partial charge in [0.25, 0.3) is 0 Å². The molecule has 0 saturated carbocycles. The lowest BCUT2D eigenvalue weighted by atomic mass is 9.95. The van der Waals surface area contributed by atoms with Gasteiger partial charge in [0.2, 0.25) is 5.91 Å². The topological polar surface area (TPSA) is 32.3 Å². The number of amides is 1. The molecule has 3 nitrogen and oxygen atoms in total. The fourth-order valence-electron chi connectivity index (χ4n) is 0.734. The minimum absolute atomic E-state index is 0.0706. The zero-order chi connectivity index (χ0) is 11.4. The van der Waals surface area contributed by atoms with Gasteiger partial charge in [0.15, 0.2) is 0 Å². The molecular formula is C10H22N2OS. The highest BCUT2D eigenvalue weighted by Gasteiger charge is 2.25. The van der Waals surface area contributed by atoms with Gasteiger partial charge in [-0.2, -0.15) is 12.6 Å². The van der Waals surface area contributed by atoms with Gasteiger partial charge in [0, 0.05) is 18.3 Å². The predicted octanol–water partition coefficient (Wildman–Crippen LogP) is 1.01. The Hall–Kier alpha value is -0.220. The number of nitrogens with zero attached hydrogens (tertiary/aromatic N) is 1. The fraction of sp³-hybridized carbons (Fsp3) is 0.900. The molecule has 0 aromatic heterocycles. The molecule has 0 aliphatic heterocycles. The van der Waals surface area contributed by atoms with Crippen LogP contribution in [0.25, 0.3) is 0 Å². The average Bonchev–Trinajstić information content (AvgIpc) is 2.13. The molecule has 4 heteroatoms. The highest BCUT2D eigenvalue weighted by atomic mass is 32.1. The molecule has 84 valence electrons. The van der Waals surface area contributed by atoms with Crippen LogP contribution < -0.4 is 5.32 Å². The molecule has 0 fully saturated rings. The number of hydrogen-bond acceptors (Lipinski definition) is 3. The van der Waals surface area contributed by atoms with Crippen LogP contribution in [0.2, 0.25) is 0 Å². The van der Waals surface area contributed by atoms with Crippen molar-refractivity contribution in [1.82, 2.24) is 10.2 Å². The van der Waals surface area contributed by atoms with Crippen LogP contribution in [0.15, 0.2) is 0 Å². The van der Waals surface area contributed by atoms with Gasteiger partial charge < -0.3 is 10.2 Å². The Balaban J connectivity index is 3.97. The van der Waals surface area contributed by atoms with E-state index in [1.165, 1.54) is 0 Å². The molecule has 0 aliphatic carbocycles. The monoisotopic (exact) mass is 218 g/mol. The molecule has 0 saturated heterocycles. The zero-order valence-electron chi connectivity index (χ0n) is 9.79. The summed E-state index contributed by atoms with van der Waals surface area (Å²) in [5.74, 6) is 0.635. The van der Waals surface area contributed by atoms with Crippen LogP contribution in [0.1, 0.15) is 20.8 Å². The Kier molecular flexibility index (Phi) is 5.52. The quantitative estimate of drug-likeness (QED) is 0.675. The molecular weight excluding hydrogens is 196 g/mol. The standard InChI is InChI=1S/C10H22N2OS/c1-8(12(4)5)6-11-9(13)10(2,3)7-14/h8,14H,6-7H2,1-5H3,(H,11,13). The number of rotatable bonds is 5. The molecule has 14 heavy (non-hydrogen) atoms. The maximum Gasteiger partial charge on any atom is 0.226 e. The van der Waals surface area contributed by atoms with Crippen LogP contribution in [0, 0.1) is 5.41 Å². The van der Waals surface area contributed by atoms with Crippen molar-refractivity contribution >= 4 is 18.5 Å². The van der Waals surface area contributed by atoms with E-state index in [9.17, 15) is 4.79 Å². The molecule has 1 amide bonds. The van der Waals surface area contributed by atoms with E-state index in [0.717, 1.165) is 0 Å². The van der Waals surface area contributed by atoms with E-state index in [0.29, 0.717) is 18.3 Å². The van der Waals surface area contributed by atoms with E-state index in [2.05, 4.69) is 29.8 Å². The van der Waals surface area contributed by atoms with Crippen LogP contribution in [-0.2, 0) is 4.79 Å². The molecule has 0 heterocycles. The van der Waals surface area contributed by atoms with Crippen molar-refractivity contribution < 1.29 is 4.79 Å². The van der Waals surface area contributed by atoms with Gasteiger partial charge in [-0.3, -0.25) is 4.79 Å². The summed E-state index contributed by atoms with van der Waals surface area (Å²) in [5.41, 5.74) is -0.380. The Labute approximate surface area is 92.7 Å². The summed E-state index contributed by atoms with van der Waals surface area (Å²) in [4.78, 5) is 13.7. The highest BCUT2D eigenvalue weighted by Crippen LogP contribution is 2.16. The summed E-state index contributed by atoms with van der Waals surface area (Å²) < 4.78 is 0. The zero-order valence-corrected chi connectivity index (χ0v) is 10.7. The summed E-state index contributed by atoms with van der Waals surface area (Å²) in [5, 5.41) is 2.93. The summed E-state index contributed by atoms with van der Waals surface area (Å²) >= 11 is 4.15. The molecule has 1 atom stereocenters. The third kappa shape index (κ3) is 4.33. The molecule has 1 unspecified atom stereocenters. The van der Waals surface area contributed by atoms with Crippen LogP contribution in [0.5, 0.6) is 0 Å². The van der Waals surface area contributed by atoms with Gasteiger partial charge in [0.05, 0.1) is 5.41 Å². The predicted molar refractivity (Wildman–Crippen MR) is 63.8 cm³/mol. The second kappa shape index (κ2) is 5.61. The molecule has 0 aromatic carbocycles. The summed E-state index contributed by atoms with van der Waals surface area (Å²) in [6, 6.07) is 0.356. The maximum absolute atomic E-state index is 11.6. The lowest BCUT2D eigenvalue weighted by molar-refractivity contribution is -0.128. The number of carbonyl (C=O) groups excluding carboxylic acids is 1. The van der Waals surface area contributed by atoms with E-state index in [1.54, 1.807) is 0 Å². The van der Waals surface area contributed by atoms with E-state index in [1.807, 2.05) is 27.9 Å². The lowest BCUT2D eigenvalue weighted by Crippen LogP contribution is -2.44. The summed E-state index contributed by atoms with van der Waals surface area (Å²) in [6.45, 7) is 6.56. The second-order valence-electron chi connectivity index (χ2n) is 4.56. The van der Waals surface area contributed by atoms with Crippen LogP contribution in [-0.4, -0.2) is 43.2 Å². The van der Waals surface area contributed by atoms with E-state index in [-0.39, 0.29) is 11.3 Å². The molecule has 0 radical (unpaired) electrons. The number of carbonyl (C=O) groups is 1. The number of likely N-dealkylation sites (N-methyl/N-ethyl adjacent to an activating group) is 1. The maximum atomic E-state index is 11.6. The van der Waals surface area contributed by atoms with Gasteiger partial charge in [-0.05, 0) is 21.0 Å². The molecule has 0 spiro atoms. The molecule has 0 aliphatic rings. The van der Waals surface area contributed by atoms with Crippen LogP contribution >= 0.6 is 12.6 Å². The first-order valence-electron chi connectivity index (χ1n) is 4.87. The Bertz CT molecular complexity index is 193. The average molecular weight is 218 g/mol. The largest absolute Gasteiger partial charge is 0.354 e. The molecule has 1 N–H and O–H groups in total. The SMILES string of the molecule is CC(CNC(=O)C(C)(C)CS)N(C)C. The lowest BCUT2D eigenvalue weighted by Gasteiger charge is -2.25. The molecule has 0 aromatic rings. The number of thiol groups is 1. The van der Waals surface area contributed by atoms with Crippen molar-refractivity contribution in [3.63, 3.8) is 0 Å². The Morgan fingerprint density at radius 1 is 1.50 bits per heavy atom. The third-order valence-electron chi connectivity index (χ3n) is 2.45. The van der Waals surface area contributed by atoms with Crippen LogP contribution in [0.4, 0.5) is 0 Å². The van der Waals surface area contributed by atoms with Crippen molar-refractivity contribution in [2.24, 2.45) is 5.41 Å². The van der Waals surface area contributed by atoms with Crippen molar-refractivity contribution in [3.05, 3.63) is 0 Å². The fourth-order valence-corrected chi connectivity index (χ4v) is 0.878. The smallest absolute Gasteiger partial charge is 0.226 e. The highest BCUT2D eigenvalue weighted by molar-refractivity contribution is 7.80. The summed E-state index contributed by atoms with van der Waals surface area (Å²) in [7, 11) is 4.00. The second-order valence-corrected chi connectivity index (χ2v) is 4.88. The van der Waals surface area contributed by atoms with Gasteiger partial charge in [-0.25, -0.2) is 0 Å². The molecule has 0 bridgehead atoms. The van der Waals surface area contributed by atoms with E-state index < -0.39 is 0 Å². The normalized spacial score (nSPS) is 14.2. The van der Waals surface area contributed by atoms with Crippen molar-refractivity contribution in [3.8, 4) is 0 Å². The Morgan fingerprint density at radius 2 is 2.00 bits per heavy atom.